The summed E-state index contributed by atoms with van der Waals surface area (Å²) in [6.45, 7) is 7.75. The number of anilines is 2. The van der Waals surface area contributed by atoms with Crippen LogP contribution in [0.2, 0.25) is 5.02 Å². The first-order valence-corrected chi connectivity index (χ1v) is 9.26. The monoisotopic (exact) mass is 358 g/mol. The number of nitrogens with two attached hydrogens (primary N) is 1. The number of halogens is 1. The Bertz CT molecular complexity index is 731. The van der Waals surface area contributed by atoms with E-state index in [1.807, 2.05) is 12.1 Å². The van der Waals surface area contributed by atoms with Crippen molar-refractivity contribution in [2.75, 3.05) is 17.6 Å². The van der Waals surface area contributed by atoms with E-state index >= 15 is 0 Å². The molecule has 3 nitrogen and oxygen atoms in total. The highest BCUT2D eigenvalue weighted by Gasteiger charge is 2.21. The largest absolute Gasteiger partial charge is 0.396 e. The minimum atomic E-state index is -0.139. The van der Waals surface area contributed by atoms with Gasteiger partial charge in [0.05, 0.1) is 28.6 Å². The molecular formula is C21H27ClN2O. The van der Waals surface area contributed by atoms with E-state index in [0.717, 1.165) is 34.8 Å². The van der Waals surface area contributed by atoms with Crippen LogP contribution < -0.4 is 11.1 Å². The summed E-state index contributed by atoms with van der Waals surface area (Å²) in [7, 11) is 0. The highest BCUT2D eigenvalue weighted by atomic mass is 35.5. The lowest BCUT2D eigenvalue weighted by Crippen LogP contribution is -2.18. The van der Waals surface area contributed by atoms with Crippen molar-refractivity contribution in [1.29, 1.82) is 0 Å². The first-order chi connectivity index (χ1) is 11.8. The summed E-state index contributed by atoms with van der Waals surface area (Å²) >= 11 is 6.53. The molecule has 0 atom stereocenters. The summed E-state index contributed by atoms with van der Waals surface area (Å²) < 4.78 is 5.82. The number of rotatable bonds is 6. The van der Waals surface area contributed by atoms with Crippen LogP contribution in [0.15, 0.2) is 36.4 Å². The molecule has 25 heavy (non-hydrogen) atoms. The zero-order valence-corrected chi connectivity index (χ0v) is 16.0. The van der Waals surface area contributed by atoms with Crippen LogP contribution in [-0.4, -0.2) is 12.1 Å². The van der Waals surface area contributed by atoms with E-state index in [1.165, 1.54) is 12.8 Å². The van der Waals surface area contributed by atoms with E-state index in [1.54, 1.807) is 0 Å². The Labute approximate surface area is 155 Å². The number of nitrogens with one attached hydrogen (secondary N) is 1. The molecule has 3 N–H and O–H groups in total. The molecule has 0 aliphatic heterocycles. The molecule has 3 rings (SSSR count). The van der Waals surface area contributed by atoms with Gasteiger partial charge in [0.25, 0.3) is 0 Å². The second-order valence-electron chi connectivity index (χ2n) is 7.81. The van der Waals surface area contributed by atoms with Crippen molar-refractivity contribution < 1.29 is 4.74 Å². The Hall–Kier alpha value is -1.71. The van der Waals surface area contributed by atoms with Gasteiger partial charge < -0.3 is 15.8 Å². The van der Waals surface area contributed by atoms with Crippen LogP contribution in [0, 0.1) is 5.92 Å². The fourth-order valence-electron chi connectivity index (χ4n) is 2.63. The molecule has 1 fully saturated rings. The molecule has 0 spiro atoms. The molecule has 0 amide bonds. The average molecular weight is 359 g/mol. The van der Waals surface area contributed by atoms with E-state index in [9.17, 15) is 0 Å². The van der Waals surface area contributed by atoms with Crippen molar-refractivity contribution in [2.24, 2.45) is 5.92 Å². The fourth-order valence-corrected chi connectivity index (χ4v) is 2.90. The molecule has 0 aromatic heterocycles. The Balaban J connectivity index is 1.73. The van der Waals surface area contributed by atoms with Crippen LogP contribution >= 0.6 is 11.6 Å². The molecule has 134 valence electrons. The van der Waals surface area contributed by atoms with E-state index < -0.39 is 0 Å². The third-order valence-electron chi connectivity index (χ3n) is 4.39. The maximum Gasteiger partial charge on any atom is 0.0745 e. The Morgan fingerprint density at radius 3 is 2.40 bits per heavy atom. The van der Waals surface area contributed by atoms with E-state index in [2.05, 4.69) is 50.4 Å². The smallest absolute Gasteiger partial charge is 0.0745 e. The van der Waals surface area contributed by atoms with Gasteiger partial charge >= 0.3 is 0 Å². The van der Waals surface area contributed by atoms with Gasteiger partial charge in [-0.15, -0.1) is 0 Å². The average Bonchev–Trinajstić information content (AvgIpc) is 3.39. The van der Waals surface area contributed by atoms with Gasteiger partial charge in [0.1, 0.15) is 0 Å². The SMILES string of the molecule is CC(C)(C)OCc1ccc(-c2ccc(NCC3CC3)c(N)c2Cl)cc1. The zero-order valence-electron chi connectivity index (χ0n) is 15.2. The molecule has 1 aliphatic carbocycles. The van der Waals surface area contributed by atoms with Gasteiger partial charge in [-0.3, -0.25) is 0 Å². The summed E-state index contributed by atoms with van der Waals surface area (Å²) in [5.74, 6) is 0.792. The second kappa shape index (κ2) is 7.27. The quantitative estimate of drug-likeness (QED) is 0.648. The van der Waals surface area contributed by atoms with E-state index in [4.69, 9.17) is 22.1 Å². The predicted octanol–water partition coefficient (Wildman–Crippen LogP) is 5.73. The van der Waals surface area contributed by atoms with Gasteiger partial charge in [-0.25, -0.2) is 0 Å². The Morgan fingerprint density at radius 1 is 1.12 bits per heavy atom. The van der Waals surface area contributed by atoms with Crippen LogP contribution in [0.5, 0.6) is 0 Å². The number of benzene rings is 2. The van der Waals surface area contributed by atoms with Gasteiger partial charge in [-0.05, 0) is 56.7 Å². The summed E-state index contributed by atoms with van der Waals surface area (Å²) in [6, 6.07) is 12.3. The number of hydrogen-bond acceptors (Lipinski definition) is 3. The Kier molecular flexibility index (Phi) is 5.26. The first kappa shape index (κ1) is 18.1. The summed E-state index contributed by atoms with van der Waals surface area (Å²) in [6.07, 6.45) is 2.62. The third kappa shape index (κ3) is 4.90. The van der Waals surface area contributed by atoms with Gasteiger partial charge in [-0.2, -0.15) is 0 Å². The highest BCUT2D eigenvalue weighted by molar-refractivity contribution is 6.36. The van der Waals surface area contributed by atoms with Crippen LogP contribution in [-0.2, 0) is 11.3 Å². The topological polar surface area (TPSA) is 47.3 Å². The molecule has 2 aromatic rings. The van der Waals surface area contributed by atoms with E-state index in [-0.39, 0.29) is 5.60 Å². The second-order valence-corrected chi connectivity index (χ2v) is 8.19. The van der Waals surface area contributed by atoms with Crippen molar-refractivity contribution in [3.63, 3.8) is 0 Å². The van der Waals surface area contributed by atoms with Crippen molar-refractivity contribution in [3.05, 3.63) is 47.0 Å². The molecule has 0 saturated heterocycles. The molecule has 0 radical (unpaired) electrons. The number of hydrogen-bond donors (Lipinski definition) is 2. The highest BCUT2D eigenvalue weighted by Crippen LogP contribution is 2.38. The first-order valence-electron chi connectivity index (χ1n) is 8.88. The molecule has 0 heterocycles. The summed E-state index contributed by atoms with van der Waals surface area (Å²) in [5, 5.41) is 4.02. The number of ether oxygens (including phenoxy) is 1. The maximum atomic E-state index is 6.53. The van der Waals surface area contributed by atoms with Gasteiger partial charge in [0.2, 0.25) is 0 Å². The standard InChI is InChI=1S/C21H27ClN2O/c1-21(2,3)25-13-15-6-8-16(9-7-15)17-10-11-18(20(23)19(17)22)24-12-14-4-5-14/h6-11,14,24H,4-5,12-13,23H2,1-3H3. The van der Waals surface area contributed by atoms with Crippen LogP contribution in [0.1, 0.15) is 39.2 Å². The minimum Gasteiger partial charge on any atom is -0.396 e. The van der Waals surface area contributed by atoms with Crippen molar-refractivity contribution in [3.8, 4) is 11.1 Å². The lowest BCUT2D eigenvalue weighted by Gasteiger charge is -2.19. The molecule has 1 aliphatic rings. The molecule has 0 bridgehead atoms. The van der Waals surface area contributed by atoms with Crippen LogP contribution in [0.3, 0.4) is 0 Å². The summed E-state index contributed by atoms with van der Waals surface area (Å²) in [5.41, 5.74) is 10.8. The lowest BCUT2D eigenvalue weighted by molar-refractivity contribution is -0.0149. The number of nitrogen functional groups attached to an aromatic ring is 1. The van der Waals surface area contributed by atoms with Gasteiger partial charge in [0.15, 0.2) is 0 Å². The lowest BCUT2D eigenvalue weighted by atomic mass is 10.0. The molecule has 0 unspecified atom stereocenters. The van der Waals surface area contributed by atoms with Crippen LogP contribution in [0.4, 0.5) is 11.4 Å². The van der Waals surface area contributed by atoms with Gasteiger partial charge in [-0.1, -0.05) is 41.9 Å². The van der Waals surface area contributed by atoms with E-state index in [0.29, 0.717) is 17.3 Å². The molecule has 1 saturated carbocycles. The third-order valence-corrected chi connectivity index (χ3v) is 4.80. The molecular weight excluding hydrogens is 332 g/mol. The van der Waals surface area contributed by atoms with Crippen molar-refractivity contribution >= 4 is 23.0 Å². The van der Waals surface area contributed by atoms with Crippen molar-refractivity contribution in [2.45, 2.75) is 45.8 Å². The van der Waals surface area contributed by atoms with Crippen LogP contribution in [0.25, 0.3) is 11.1 Å². The maximum absolute atomic E-state index is 6.53. The van der Waals surface area contributed by atoms with Gasteiger partial charge in [0, 0.05) is 12.1 Å². The van der Waals surface area contributed by atoms with Crippen molar-refractivity contribution in [1.82, 2.24) is 0 Å². The summed E-state index contributed by atoms with van der Waals surface area (Å²) in [4.78, 5) is 0. The zero-order chi connectivity index (χ0) is 18.0. The minimum absolute atomic E-state index is 0.139. The Morgan fingerprint density at radius 2 is 1.80 bits per heavy atom. The predicted molar refractivity (Wildman–Crippen MR) is 107 cm³/mol. The fraction of sp³-hybridized carbons (Fsp3) is 0.429. The normalized spacial score (nSPS) is 14.6. The molecule has 4 heteroatoms. The molecule has 2 aromatic carbocycles.